The number of Topliss-reactive ketones (excluding diaryl/α,β-unsaturated/α-hetero) is 2. The summed E-state index contributed by atoms with van der Waals surface area (Å²) >= 11 is 0. The van der Waals surface area contributed by atoms with E-state index in [2.05, 4.69) is 6.07 Å². The minimum absolute atomic E-state index is 0.0382. The number of hydrogen-bond donors (Lipinski definition) is 0. The highest BCUT2D eigenvalue weighted by atomic mass is 16.5. The Morgan fingerprint density at radius 3 is 2.30 bits per heavy atom. The first-order chi connectivity index (χ1) is 19.1. The van der Waals surface area contributed by atoms with E-state index in [1.165, 1.54) is 21.1 Å². The number of ether oxygens (including phenoxy) is 4. The van der Waals surface area contributed by atoms with E-state index >= 15 is 0 Å². The number of fused-ring (bicyclic) bond motifs is 6. The quantitative estimate of drug-likeness (QED) is 0.308. The van der Waals surface area contributed by atoms with Crippen LogP contribution in [0.15, 0.2) is 28.2 Å². The molecular weight excluding hydrogens is 514 g/mol. The lowest BCUT2D eigenvalue weighted by Gasteiger charge is -2.57. The van der Waals surface area contributed by atoms with E-state index in [0.29, 0.717) is 51.6 Å². The van der Waals surface area contributed by atoms with E-state index in [0.717, 1.165) is 5.56 Å². The van der Waals surface area contributed by atoms with Crippen LogP contribution in [0.4, 0.5) is 0 Å². The molecule has 3 aliphatic heterocycles. The Labute approximate surface area is 233 Å². The minimum atomic E-state index is -0.634. The molecule has 0 spiro atoms. The molecule has 4 atom stereocenters. The van der Waals surface area contributed by atoms with Crippen LogP contribution < -0.4 is 14.2 Å². The topological polar surface area (TPSA) is 118 Å². The highest BCUT2D eigenvalue weighted by Gasteiger charge is 2.55. The number of benzene rings is 1. The van der Waals surface area contributed by atoms with Gasteiger partial charge in [-0.1, -0.05) is 6.92 Å². The molecule has 1 aliphatic carbocycles. The number of nitriles is 1. The SMILES string of the molecule is CC[C@H]1c2c(c(OC(C)=O)c(C)c(OC)c2OC)C=C2[C@H]3C4=C(C[C@@H]([C@H](C#N)N21)N3C)C(=O)C(C)=C(OC)C4=O. The van der Waals surface area contributed by atoms with Gasteiger partial charge in [0.15, 0.2) is 23.0 Å². The van der Waals surface area contributed by atoms with Crippen molar-refractivity contribution in [3.63, 3.8) is 0 Å². The molecule has 0 amide bonds. The molecule has 0 radical (unpaired) electrons. The first kappa shape index (κ1) is 27.5. The zero-order chi connectivity index (χ0) is 29.2. The second kappa shape index (κ2) is 9.82. The van der Waals surface area contributed by atoms with E-state index in [-0.39, 0.29) is 41.4 Å². The molecule has 2 bridgehead atoms. The number of nitrogens with zero attached hydrogens (tertiary/aromatic N) is 3. The van der Waals surface area contributed by atoms with E-state index in [4.69, 9.17) is 18.9 Å². The summed E-state index contributed by atoms with van der Waals surface area (Å²) in [6.07, 6.45) is 2.70. The first-order valence-corrected chi connectivity index (χ1v) is 13.2. The number of rotatable bonds is 5. The summed E-state index contributed by atoms with van der Waals surface area (Å²) < 4.78 is 22.8. The largest absolute Gasteiger partial charge is 0.492 e. The summed E-state index contributed by atoms with van der Waals surface area (Å²) in [5, 5.41) is 10.5. The third-order valence-corrected chi connectivity index (χ3v) is 8.60. The molecule has 1 fully saturated rings. The highest BCUT2D eigenvalue weighted by molar-refractivity contribution is 6.25. The van der Waals surface area contributed by atoms with Crippen molar-refractivity contribution in [2.45, 2.75) is 64.7 Å². The lowest BCUT2D eigenvalue weighted by molar-refractivity contribution is -0.132. The van der Waals surface area contributed by atoms with E-state index < -0.39 is 18.1 Å². The molecule has 10 nitrogen and oxygen atoms in total. The zero-order valence-corrected chi connectivity index (χ0v) is 24.0. The Morgan fingerprint density at radius 2 is 1.75 bits per heavy atom. The number of allylic oxidation sites excluding steroid dienone is 2. The normalized spacial score (nSPS) is 25.5. The second-order valence-corrected chi connectivity index (χ2v) is 10.5. The second-order valence-electron chi connectivity index (χ2n) is 10.5. The predicted octanol–water partition coefficient (Wildman–Crippen LogP) is 3.39. The van der Waals surface area contributed by atoms with Crippen molar-refractivity contribution in [1.82, 2.24) is 9.80 Å². The molecule has 5 rings (SSSR count). The van der Waals surface area contributed by atoms with Crippen LogP contribution in [0.25, 0.3) is 6.08 Å². The number of carbonyl (C=O) groups is 3. The molecule has 1 aromatic carbocycles. The smallest absolute Gasteiger partial charge is 0.308 e. The monoisotopic (exact) mass is 547 g/mol. The van der Waals surface area contributed by atoms with E-state index in [1.807, 2.05) is 29.8 Å². The van der Waals surface area contributed by atoms with Crippen molar-refractivity contribution in [2.24, 2.45) is 0 Å². The Balaban J connectivity index is 1.87. The molecule has 0 aromatic heterocycles. The maximum absolute atomic E-state index is 13.8. The molecule has 40 heavy (non-hydrogen) atoms. The number of likely N-dealkylation sites (N-methyl/N-ethyl adjacent to an activating group) is 1. The fourth-order valence-corrected chi connectivity index (χ4v) is 6.95. The van der Waals surface area contributed by atoms with Gasteiger partial charge in [-0.2, -0.15) is 5.26 Å². The predicted molar refractivity (Wildman–Crippen MR) is 145 cm³/mol. The maximum Gasteiger partial charge on any atom is 0.308 e. The number of esters is 1. The summed E-state index contributed by atoms with van der Waals surface area (Å²) in [5.41, 5.74) is 3.69. The summed E-state index contributed by atoms with van der Waals surface area (Å²) in [6.45, 7) is 6.72. The van der Waals surface area contributed by atoms with Gasteiger partial charge in [-0.15, -0.1) is 0 Å². The zero-order valence-electron chi connectivity index (χ0n) is 24.0. The Hall–Kier alpha value is -4.10. The standard InChI is InChI=1S/C30H33N3O7/c1-9-18-22-17(27(40-15(4)34)14(3)29(38-7)30(22)39-8)11-20-24-23-16(25(35)13(2)28(37-6)26(23)36)10-19(32(24)5)21(12-31)33(18)20/h11,18-19,21,24H,9-10H2,1-8H3/t18-,19-,21-,24-/m0/s1. The van der Waals surface area contributed by atoms with Crippen LogP contribution in [0, 0.1) is 18.3 Å². The molecule has 1 saturated heterocycles. The Morgan fingerprint density at radius 1 is 1.07 bits per heavy atom. The van der Waals surface area contributed by atoms with Gasteiger partial charge in [-0.3, -0.25) is 19.3 Å². The van der Waals surface area contributed by atoms with Crippen LogP contribution in [-0.4, -0.2) is 73.8 Å². The number of piperazine rings is 1. The maximum atomic E-state index is 13.8. The van der Waals surface area contributed by atoms with Gasteiger partial charge in [0.1, 0.15) is 11.8 Å². The molecule has 1 aromatic rings. The third-order valence-electron chi connectivity index (χ3n) is 8.60. The van der Waals surface area contributed by atoms with Crippen molar-refractivity contribution >= 4 is 23.6 Å². The summed E-state index contributed by atoms with van der Waals surface area (Å²) in [4.78, 5) is 43.6. The Bertz CT molecular complexity index is 1500. The van der Waals surface area contributed by atoms with E-state index in [9.17, 15) is 19.6 Å². The fourth-order valence-electron chi connectivity index (χ4n) is 6.95. The average molecular weight is 548 g/mol. The van der Waals surface area contributed by atoms with Crippen molar-refractivity contribution in [1.29, 1.82) is 5.26 Å². The lowest BCUT2D eigenvalue weighted by atomic mass is 9.71. The molecule has 4 aliphatic rings. The van der Waals surface area contributed by atoms with Crippen LogP contribution in [0.3, 0.4) is 0 Å². The van der Waals surface area contributed by atoms with Gasteiger partial charge in [-0.25, -0.2) is 0 Å². The third kappa shape index (κ3) is 3.53. The number of hydrogen-bond acceptors (Lipinski definition) is 10. The number of ketones is 2. The van der Waals surface area contributed by atoms with Crippen molar-refractivity contribution < 1.29 is 33.3 Å². The highest BCUT2D eigenvalue weighted by Crippen LogP contribution is 2.56. The summed E-state index contributed by atoms with van der Waals surface area (Å²) in [6, 6.07) is 0.527. The van der Waals surface area contributed by atoms with E-state index in [1.54, 1.807) is 21.0 Å². The summed E-state index contributed by atoms with van der Waals surface area (Å²) in [7, 11) is 6.35. The van der Waals surface area contributed by atoms with Gasteiger partial charge in [0.05, 0.1) is 39.5 Å². The van der Waals surface area contributed by atoms with Crippen LogP contribution in [-0.2, 0) is 19.1 Å². The van der Waals surface area contributed by atoms with Crippen LogP contribution >= 0.6 is 0 Å². The Kier molecular flexibility index (Phi) is 6.74. The van der Waals surface area contributed by atoms with Crippen LogP contribution in [0.2, 0.25) is 0 Å². The molecule has 0 N–H and O–H groups in total. The number of carbonyl (C=O) groups excluding carboxylic acids is 3. The molecule has 3 heterocycles. The molecule has 0 saturated carbocycles. The summed E-state index contributed by atoms with van der Waals surface area (Å²) in [5.74, 6) is 0.250. The first-order valence-electron chi connectivity index (χ1n) is 13.2. The van der Waals surface area contributed by atoms with Crippen LogP contribution in [0.5, 0.6) is 17.2 Å². The van der Waals surface area contributed by atoms with Crippen molar-refractivity contribution in [2.75, 3.05) is 28.4 Å². The molecule has 0 unspecified atom stereocenters. The van der Waals surface area contributed by atoms with Gasteiger partial charge in [-0.05, 0) is 39.8 Å². The van der Waals surface area contributed by atoms with Crippen molar-refractivity contribution in [3.05, 3.63) is 44.9 Å². The number of methoxy groups -OCH3 is 3. The van der Waals surface area contributed by atoms with Gasteiger partial charge in [0.2, 0.25) is 5.78 Å². The van der Waals surface area contributed by atoms with Gasteiger partial charge >= 0.3 is 5.97 Å². The average Bonchev–Trinajstić information content (AvgIpc) is 2.92. The minimum Gasteiger partial charge on any atom is -0.492 e. The van der Waals surface area contributed by atoms with Crippen molar-refractivity contribution in [3.8, 4) is 23.3 Å². The molecule has 210 valence electrons. The molecule has 10 heteroatoms. The fraction of sp³-hybridized carbons (Fsp3) is 0.467. The van der Waals surface area contributed by atoms with Gasteiger partial charge in [0.25, 0.3) is 0 Å². The van der Waals surface area contributed by atoms with Crippen LogP contribution in [0.1, 0.15) is 56.3 Å². The lowest BCUT2D eigenvalue weighted by Crippen LogP contribution is -2.65. The van der Waals surface area contributed by atoms with Gasteiger partial charge < -0.3 is 23.8 Å². The van der Waals surface area contributed by atoms with Gasteiger partial charge in [0, 0.05) is 52.1 Å². The molecular formula is C30H33N3O7.